The van der Waals surface area contributed by atoms with Crippen LogP contribution in [0.25, 0.3) is 0 Å². The highest BCUT2D eigenvalue weighted by atomic mass is 32.1. The van der Waals surface area contributed by atoms with Gasteiger partial charge in [-0.15, -0.1) is 0 Å². The van der Waals surface area contributed by atoms with Crippen LogP contribution in [0.3, 0.4) is 0 Å². The minimum atomic E-state index is 0.176. The third-order valence-electron chi connectivity index (χ3n) is 2.51. The first-order valence-electron chi connectivity index (χ1n) is 5.06. The fourth-order valence-electron chi connectivity index (χ4n) is 1.61. The molecule has 15 heavy (non-hydrogen) atoms. The molecule has 0 spiro atoms. The Morgan fingerprint density at radius 3 is 1.93 bits per heavy atom. The van der Waals surface area contributed by atoms with Crippen molar-refractivity contribution in [1.82, 2.24) is 0 Å². The van der Waals surface area contributed by atoms with Crippen LogP contribution in [0.5, 0.6) is 0 Å². The van der Waals surface area contributed by atoms with Gasteiger partial charge in [-0.25, -0.2) is 0 Å². The standard InChI is InChI=1S/C13H17NS/c1-9-6-11(13(3,4)5)7-10(2)12(9)14-8-15/h6-7H,1-5H3. The first-order chi connectivity index (χ1) is 6.86. The van der Waals surface area contributed by atoms with Gasteiger partial charge in [0.1, 0.15) is 0 Å². The first kappa shape index (κ1) is 12.1. The topological polar surface area (TPSA) is 12.4 Å². The van der Waals surface area contributed by atoms with Gasteiger partial charge in [-0.3, -0.25) is 0 Å². The molecule has 0 saturated carbocycles. The molecule has 0 radical (unpaired) electrons. The summed E-state index contributed by atoms with van der Waals surface area (Å²) in [6, 6.07) is 4.36. The summed E-state index contributed by atoms with van der Waals surface area (Å²) in [7, 11) is 0. The monoisotopic (exact) mass is 219 g/mol. The summed E-state index contributed by atoms with van der Waals surface area (Å²) in [6.45, 7) is 10.8. The summed E-state index contributed by atoms with van der Waals surface area (Å²) in [5.41, 5.74) is 4.79. The lowest BCUT2D eigenvalue weighted by molar-refractivity contribution is 0.589. The summed E-state index contributed by atoms with van der Waals surface area (Å²) in [5, 5.41) is 2.43. The summed E-state index contributed by atoms with van der Waals surface area (Å²) in [5.74, 6) is 0. The normalized spacial score (nSPS) is 11.0. The van der Waals surface area contributed by atoms with Gasteiger partial charge in [0, 0.05) is 0 Å². The van der Waals surface area contributed by atoms with Crippen molar-refractivity contribution in [3.63, 3.8) is 0 Å². The summed E-state index contributed by atoms with van der Waals surface area (Å²) < 4.78 is 0. The number of isothiocyanates is 1. The van der Waals surface area contributed by atoms with E-state index in [1.165, 1.54) is 5.56 Å². The molecule has 0 N–H and O–H groups in total. The predicted octanol–water partition coefficient (Wildman–Crippen LogP) is 4.34. The molecule has 0 fully saturated rings. The molecule has 0 saturated heterocycles. The van der Waals surface area contributed by atoms with E-state index in [0.29, 0.717) is 0 Å². The maximum Gasteiger partial charge on any atom is 0.0798 e. The smallest absolute Gasteiger partial charge is 0.0798 e. The zero-order valence-electron chi connectivity index (χ0n) is 10.0. The summed E-state index contributed by atoms with van der Waals surface area (Å²) in [4.78, 5) is 4.09. The van der Waals surface area contributed by atoms with E-state index in [4.69, 9.17) is 0 Å². The number of rotatable bonds is 1. The van der Waals surface area contributed by atoms with E-state index >= 15 is 0 Å². The molecule has 0 aliphatic rings. The van der Waals surface area contributed by atoms with Crippen LogP contribution in [0, 0.1) is 13.8 Å². The molecule has 1 aromatic carbocycles. The Bertz CT molecular complexity index is 398. The fourth-order valence-corrected chi connectivity index (χ4v) is 1.70. The lowest BCUT2D eigenvalue weighted by atomic mass is 9.85. The van der Waals surface area contributed by atoms with Crippen molar-refractivity contribution in [1.29, 1.82) is 0 Å². The summed E-state index contributed by atoms with van der Waals surface area (Å²) >= 11 is 4.64. The number of thiocarbonyl (C=S) groups is 1. The minimum Gasteiger partial charge on any atom is -0.194 e. The average Bonchev–Trinajstić information content (AvgIpc) is 2.09. The van der Waals surface area contributed by atoms with E-state index in [-0.39, 0.29) is 5.41 Å². The Morgan fingerprint density at radius 1 is 1.13 bits per heavy atom. The number of benzene rings is 1. The van der Waals surface area contributed by atoms with Crippen molar-refractivity contribution in [2.45, 2.75) is 40.0 Å². The number of aliphatic imine (C=N–C) groups is 1. The van der Waals surface area contributed by atoms with E-state index in [0.717, 1.165) is 16.8 Å². The third kappa shape index (κ3) is 2.74. The van der Waals surface area contributed by atoms with Crippen molar-refractivity contribution in [3.05, 3.63) is 28.8 Å². The highest BCUT2D eigenvalue weighted by molar-refractivity contribution is 7.78. The van der Waals surface area contributed by atoms with Crippen LogP contribution >= 0.6 is 12.2 Å². The highest BCUT2D eigenvalue weighted by Crippen LogP contribution is 2.30. The van der Waals surface area contributed by atoms with Gasteiger partial charge in [0.25, 0.3) is 0 Å². The second-order valence-electron chi connectivity index (χ2n) is 4.91. The molecule has 0 heterocycles. The van der Waals surface area contributed by atoms with Gasteiger partial charge in [0.2, 0.25) is 0 Å². The largest absolute Gasteiger partial charge is 0.194 e. The van der Waals surface area contributed by atoms with Gasteiger partial charge >= 0.3 is 0 Å². The van der Waals surface area contributed by atoms with Gasteiger partial charge in [-0.2, -0.15) is 4.99 Å². The van der Waals surface area contributed by atoms with Crippen molar-refractivity contribution < 1.29 is 0 Å². The van der Waals surface area contributed by atoms with Crippen molar-refractivity contribution >= 4 is 23.1 Å². The molecule has 0 bridgehead atoms. The molecule has 2 heteroatoms. The van der Waals surface area contributed by atoms with Gasteiger partial charge < -0.3 is 0 Å². The van der Waals surface area contributed by atoms with E-state index in [1.54, 1.807) is 0 Å². The van der Waals surface area contributed by atoms with E-state index < -0.39 is 0 Å². The van der Waals surface area contributed by atoms with Crippen LogP contribution in [0.15, 0.2) is 17.1 Å². The quantitative estimate of drug-likeness (QED) is 0.505. The molecule has 1 rings (SSSR count). The SMILES string of the molecule is Cc1cc(C(C)(C)C)cc(C)c1N=C=S. The van der Waals surface area contributed by atoms with Gasteiger partial charge in [-0.05, 0) is 48.2 Å². The molecular formula is C13H17NS. The third-order valence-corrected chi connectivity index (χ3v) is 2.61. The number of hydrogen-bond donors (Lipinski definition) is 0. The predicted molar refractivity (Wildman–Crippen MR) is 69.3 cm³/mol. The molecule has 0 aliphatic heterocycles. The van der Waals surface area contributed by atoms with E-state index in [1.807, 2.05) is 0 Å². The molecule has 1 aromatic rings. The van der Waals surface area contributed by atoms with Crippen LogP contribution in [-0.2, 0) is 5.41 Å². The van der Waals surface area contributed by atoms with Gasteiger partial charge in [-0.1, -0.05) is 32.9 Å². The molecule has 0 aliphatic carbocycles. The van der Waals surface area contributed by atoms with Gasteiger partial charge in [0.15, 0.2) is 0 Å². The van der Waals surface area contributed by atoms with Gasteiger partial charge in [0.05, 0.1) is 10.8 Å². The highest BCUT2D eigenvalue weighted by Gasteiger charge is 2.15. The number of nitrogens with zero attached hydrogens (tertiary/aromatic N) is 1. The number of hydrogen-bond acceptors (Lipinski definition) is 2. The van der Waals surface area contributed by atoms with Crippen LogP contribution in [0.4, 0.5) is 5.69 Å². The zero-order chi connectivity index (χ0) is 11.6. The second kappa shape index (κ2) is 4.26. The average molecular weight is 219 g/mol. The Labute approximate surface area is 97.2 Å². The first-order valence-corrected chi connectivity index (χ1v) is 5.46. The van der Waals surface area contributed by atoms with Crippen LogP contribution in [-0.4, -0.2) is 5.16 Å². The van der Waals surface area contributed by atoms with Crippen molar-refractivity contribution in [3.8, 4) is 0 Å². The second-order valence-corrected chi connectivity index (χ2v) is 5.09. The van der Waals surface area contributed by atoms with Crippen LogP contribution in [0.1, 0.15) is 37.5 Å². The Kier molecular flexibility index (Phi) is 3.43. The minimum absolute atomic E-state index is 0.176. The zero-order valence-corrected chi connectivity index (χ0v) is 10.8. The number of aryl methyl sites for hydroxylation is 2. The lowest BCUT2D eigenvalue weighted by Gasteiger charge is -2.21. The van der Waals surface area contributed by atoms with Crippen LogP contribution < -0.4 is 0 Å². The Hall–Kier alpha value is -0.980. The maximum atomic E-state index is 4.64. The molecule has 0 unspecified atom stereocenters. The van der Waals surface area contributed by atoms with Crippen molar-refractivity contribution in [2.75, 3.05) is 0 Å². The summed E-state index contributed by atoms with van der Waals surface area (Å²) in [6.07, 6.45) is 0. The molecule has 0 aromatic heterocycles. The molecule has 0 atom stereocenters. The molecule has 1 nitrogen and oxygen atoms in total. The molecule has 0 amide bonds. The maximum absolute atomic E-state index is 4.64. The fraction of sp³-hybridized carbons (Fsp3) is 0.462. The Morgan fingerprint density at radius 2 is 1.60 bits per heavy atom. The van der Waals surface area contributed by atoms with Crippen LogP contribution in [0.2, 0.25) is 0 Å². The van der Waals surface area contributed by atoms with E-state index in [9.17, 15) is 0 Å². The van der Waals surface area contributed by atoms with E-state index in [2.05, 4.69) is 69.1 Å². The van der Waals surface area contributed by atoms with Crippen molar-refractivity contribution in [2.24, 2.45) is 4.99 Å². The molecular weight excluding hydrogens is 202 g/mol. The molecule has 80 valence electrons. The Balaban J connectivity index is 3.38. The lowest BCUT2D eigenvalue weighted by Crippen LogP contribution is -2.11.